The molecule has 1 saturated heterocycles. The van der Waals surface area contributed by atoms with Crippen LogP contribution in [0.2, 0.25) is 0 Å². The first-order valence-corrected chi connectivity index (χ1v) is 5.27. The summed E-state index contributed by atoms with van der Waals surface area (Å²) in [7, 11) is 0. The lowest BCUT2D eigenvalue weighted by Gasteiger charge is -2.38. The van der Waals surface area contributed by atoms with Crippen molar-refractivity contribution >= 4 is 5.91 Å². The molecule has 2 aliphatic rings. The van der Waals surface area contributed by atoms with Gasteiger partial charge in [0.2, 0.25) is 5.91 Å². The highest BCUT2D eigenvalue weighted by Crippen LogP contribution is 2.37. The lowest BCUT2D eigenvalue weighted by molar-refractivity contribution is -0.123. The van der Waals surface area contributed by atoms with Crippen LogP contribution in [-0.2, 0) is 4.79 Å². The standard InChI is InChI=1S/C10H18N2O/c11-10(13)9-4-8(5-12-6-9)7-2-1-3-7/h7-9,12H,1-6H2,(H2,11,13). The van der Waals surface area contributed by atoms with Crippen LogP contribution in [0.4, 0.5) is 0 Å². The normalized spacial score (nSPS) is 35.4. The van der Waals surface area contributed by atoms with Crippen LogP contribution in [0.3, 0.4) is 0 Å². The lowest BCUT2D eigenvalue weighted by Crippen LogP contribution is -2.45. The fraction of sp³-hybridized carbons (Fsp3) is 0.900. The highest BCUT2D eigenvalue weighted by Gasteiger charge is 2.33. The third kappa shape index (κ3) is 1.85. The van der Waals surface area contributed by atoms with Crippen molar-refractivity contribution < 1.29 is 4.79 Å². The van der Waals surface area contributed by atoms with Gasteiger partial charge in [0.15, 0.2) is 0 Å². The Kier molecular flexibility index (Phi) is 2.54. The van der Waals surface area contributed by atoms with Crippen molar-refractivity contribution in [2.75, 3.05) is 13.1 Å². The summed E-state index contributed by atoms with van der Waals surface area (Å²) in [4.78, 5) is 11.0. The smallest absolute Gasteiger partial charge is 0.221 e. The first kappa shape index (κ1) is 9.00. The van der Waals surface area contributed by atoms with E-state index in [9.17, 15) is 4.79 Å². The molecule has 3 N–H and O–H groups in total. The second kappa shape index (κ2) is 3.66. The van der Waals surface area contributed by atoms with Crippen molar-refractivity contribution in [1.29, 1.82) is 0 Å². The van der Waals surface area contributed by atoms with Crippen LogP contribution >= 0.6 is 0 Å². The van der Waals surface area contributed by atoms with Gasteiger partial charge in [-0.2, -0.15) is 0 Å². The molecule has 2 fully saturated rings. The van der Waals surface area contributed by atoms with E-state index < -0.39 is 0 Å². The molecule has 1 saturated carbocycles. The first-order valence-electron chi connectivity index (χ1n) is 5.27. The van der Waals surface area contributed by atoms with E-state index >= 15 is 0 Å². The summed E-state index contributed by atoms with van der Waals surface area (Å²) in [6.45, 7) is 1.88. The van der Waals surface area contributed by atoms with Gasteiger partial charge in [-0.3, -0.25) is 4.79 Å². The number of carbonyl (C=O) groups excluding carboxylic acids is 1. The SMILES string of the molecule is NC(=O)C1CNCC(C2CCC2)C1. The summed E-state index contributed by atoms with van der Waals surface area (Å²) in [5.41, 5.74) is 5.31. The number of amides is 1. The molecule has 0 aromatic heterocycles. The van der Waals surface area contributed by atoms with Crippen LogP contribution in [0, 0.1) is 17.8 Å². The molecule has 0 bridgehead atoms. The van der Waals surface area contributed by atoms with Gasteiger partial charge in [0.1, 0.15) is 0 Å². The van der Waals surface area contributed by atoms with E-state index in [4.69, 9.17) is 5.73 Å². The highest BCUT2D eigenvalue weighted by molar-refractivity contribution is 5.77. The van der Waals surface area contributed by atoms with E-state index in [0.29, 0.717) is 5.92 Å². The summed E-state index contributed by atoms with van der Waals surface area (Å²) in [6, 6.07) is 0. The van der Waals surface area contributed by atoms with E-state index in [1.807, 2.05) is 0 Å². The average molecular weight is 182 g/mol. The number of nitrogens with one attached hydrogen (secondary N) is 1. The molecule has 1 aliphatic heterocycles. The van der Waals surface area contributed by atoms with Crippen molar-refractivity contribution in [2.45, 2.75) is 25.7 Å². The first-order chi connectivity index (χ1) is 6.27. The van der Waals surface area contributed by atoms with Gasteiger partial charge in [-0.25, -0.2) is 0 Å². The monoisotopic (exact) mass is 182 g/mol. The number of primary amides is 1. The van der Waals surface area contributed by atoms with Gasteiger partial charge >= 0.3 is 0 Å². The van der Waals surface area contributed by atoms with Crippen molar-refractivity contribution in [1.82, 2.24) is 5.32 Å². The molecule has 1 aliphatic carbocycles. The molecular formula is C10H18N2O. The minimum absolute atomic E-state index is 0.0827. The third-order valence-corrected chi connectivity index (χ3v) is 3.60. The minimum Gasteiger partial charge on any atom is -0.369 e. The van der Waals surface area contributed by atoms with E-state index in [1.165, 1.54) is 19.3 Å². The Balaban J connectivity index is 1.87. The maximum absolute atomic E-state index is 11.0. The molecule has 0 spiro atoms. The molecule has 2 atom stereocenters. The number of rotatable bonds is 2. The topological polar surface area (TPSA) is 55.1 Å². The molecule has 13 heavy (non-hydrogen) atoms. The summed E-state index contributed by atoms with van der Waals surface area (Å²) in [6.07, 6.45) is 5.12. The molecule has 3 nitrogen and oxygen atoms in total. The van der Waals surface area contributed by atoms with Gasteiger partial charge in [0, 0.05) is 6.54 Å². The predicted molar refractivity (Wildman–Crippen MR) is 51.0 cm³/mol. The lowest BCUT2D eigenvalue weighted by atomic mass is 9.71. The van der Waals surface area contributed by atoms with Gasteiger partial charge in [0.25, 0.3) is 0 Å². The van der Waals surface area contributed by atoms with Crippen molar-refractivity contribution in [3.63, 3.8) is 0 Å². The maximum Gasteiger partial charge on any atom is 0.221 e. The largest absolute Gasteiger partial charge is 0.369 e. The summed E-state index contributed by atoms with van der Waals surface area (Å²) in [5.74, 6) is 1.53. The van der Waals surface area contributed by atoms with Gasteiger partial charge < -0.3 is 11.1 Å². The Hall–Kier alpha value is -0.570. The Morgan fingerprint density at radius 1 is 1.23 bits per heavy atom. The molecule has 0 radical (unpaired) electrons. The van der Waals surface area contributed by atoms with E-state index in [0.717, 1.165) is 25.4 Å². The van der Waals surface area contributed by atoms with Crippen molar-refractivity contribution in [3.05, 3.63) is 0 Å². The molecule has 3 heteroatoms. The second-order valence-electron chi connectivity index (χ2n) is 4.44. The zero-order valence-corrected chi connectivity index (χ0v) is 7.96. The summed E-state index contributed by atoms with van der Waals surface area (Å²) >= 11 is 0. The second-order valence-corrected chi connectivity index (χ2v) is 4.44. The van der Waals surface area contributed by atoms with Gasteiger partial charge in [-0.1, -0.05) is 19.3 Å². The zero-order valence-electron chi connectivity index (χ0n) is 7.96. The zero-order chi connectivity index (χ0) is 9.26. The van der Waals surface area contributed by atoms with Gasteiger partial charge in [-0.05, 0) is 24.8 Å². The van der Waals surface area contributed by atoms with Crippen LogP contribution in [-0.4, -0.2) is 19.0 Å². The third-order valence-electron chi connectivity index (χ3n) is 3.60. The van der Waals surface area contributed by atoms with E-state index in [1.54, 1.807) is 0 Å². The van der Waals surface area contributed by atoms with Crippen molar-refractivity contribution in [2.24, 2.45) is 23.5 Å². The molecule has 2 rings (SSSR count). The Labute approximate surface area is 79.1 Å². The minimum atomic E-state index is -0.128. The molecule has 74 valence electrons. The highest BCUT2D eigenvalue weighted by atomic mass is 16.1. The van der Waals surface area contributed by atoms with Crippen molar-refractivity contribution in [3.8, 4) is 0 Å². The van der Waals surface area contributed by atoms with Crippen LogP contribution < -0.4 is 11.1 Å². The maximum atomic E-state index is 11.0. The molecular weight excluding hydrogens is 164 g/mol. The summed E-state index contributed by atoms with van der Waals surface area (Å²) < 4.78 is 0. The Morgan fingerprint density at radius 2 is 2.00 bits per heavy atom. The van der Waals surface area contributed by atoms with Crippen LogP contribution in [0.1, 0.15) is 25.7 Å². The number of hydrogen-bond acceptors (Lipinski definition) is 2. The fourth-order valence-electron chi connectivity index (χ4n) is 2.46. The quantitative estimate of drug-likeness (QED) is 0.653. The molecule has 1 amide bonds. The predicted octanol–water partition coefficient (Wildman–Crippen LogP) is 0.497. The number of nitrogens with two attached hydrogens (primary N) is 1. The van der Waals surface area contributed by atoms with Gasteiger partial charge in [0.05, 0.1) is 5.92 Å². The number of carbonyl (C=O) groups is 1. The number of piperidine rings is 1. The molecule has 2 unspecified atom stereocenters. The fourth-order valence-corrected chi connectivity index (χ4v) is 2.46. The van der Waals surface area contributed by atoms with Crippen LogP contribution in [0.5, 0.6) is 0 Å². The molecule has 0 aromatic rings. The number of hydrogen-bond donors (Lipinski definition) is 2. The van der Waals surface area contributed by atoms with Crippen LogP contribution in [0.25, 0.3) is 0 Å². The Bertz CT molecular complexity index is 201. The summed E-state index contributed by atoms with van der Waals surface area (Å²) in [5, 5.41) is 3.31. The molecule has 1 heterocycles. The van der Waals surface area contributed by atoms with Gasteiger partial charge in [-0.15, -0.1) is 0 Å². The molecule has 0 aromatic carbocycles. The Morgan fingerprint density at radius 3 is 2.54 bits per heavy atom. The van der Waals surface area contributed by atoms with Crippen LogP contribution in [0.15, 0.2) is 0 Å². The van der Waals surface area contributed by atoms with E-state index in [-0.39, 0.29) is 11.8 Å². The van der Waals surface area contributed by atoms with E-state index in [2.05, 4.69) is 5.32 Å². The average Bonchev–Trinajstić information content (AvgIpc) is 2.01.